The third-order valence-electron chi connectivity index (χ3n) is 6.00. The largest absolute Gasteiger partial charge is 1.00 e. The number of hydrogen-bond donors (Lipinski definition) is 5. The number of carboxylic acids is 1. The van der Waals surface area contributed by atoms with Crippen molar-refractivity contribution in [2.75, 3.05) is 13.7 Å². The molecule has 0 bridgehead atoms. The Hall–Kier alpha value is -2.09. The van der Waals surface area contributed by atoms with Crippen molar-refractivity contribution in [3.8, 4) is 0 Å². The second-order valence-electron chi connectivity index (χ2n) is 8.55. The quantitative estimate of drug-likeness (QED) is 0.206. The van der Waals surface area contributed by atoms with E-state index in [4.69, 9.17) is 9.47 Å². The van der Waals surface area contributed by atoms with E-state index >= 15 is 0 Å². The number of aliphatic hydroxyl groups is 3. The fourth-order valence-corrected chi connectivity index (χ4v) is 4.16. The van der Waals surface area contributed by atoms with Crippen LogP contribution < -0.4 is 45.3 Å². The minimum atomic E-state index is -2.40. The molecule has 6 atom stereocenters. The number of carboxylic acid groups (broad SMARTS) is 1. The van der Waals surface area contributed by atoms with Gasteiger partial charge in [-0.2, -0.15) is 0 Å². The van der Waals surface area contributed by atoms with Crippen LogP contribution in [-0.4, -0.2) is 83.0 Å². The number of hydrogen-bond acceptors (Lipinski definition) is 9. The fraction of sp³-hybridized carbons (Fsp3) is 0.458. The molecule has 0 aromatic heterocycles. The van der Waals surface area contributed by atoms with E-state index in [2.05, 4.69) is 10.6 Å². The van der Waals surface area contributed by atoms with Crippen molar-refractivity contribution < 1.29 is 73.8 Å². The molecule has 190 valence electrons. The van der Waals surface area contributed by atoms with Crippen molar-refractivity contribution in [1.29, 1.82) is 0 Å². The van der Waals surface area contributed by atoms with Crippen LogP contribution in [0.4, 0.5) is 0 Å². The molecule has 2 aromatic rings. The summed E-state index contributed by atoms with van der Waals surface area (Å²) in [5.41, 5.74) is 0.750. The summed E-state index contributed by atoms with van der Waals surface area (Å²) >= 11 is 0. The van der Waals surface area contributed by atoms with Gasteiger partial charge in [0.2, 0.25) is 17.6 Å². The Morgan fingerprint density at radius 1 is 1.19 bits per heavy atom. The Morgan fingerprint density at radius 3 is 2.47 bits per heavy atom. The molecule has 1 aliphatic heterocycles. The van der Waals surface area contributed by atoms with Crippen LogP contribution in [0, 0.1) is 0 Å². The Bertz CT molecular complexity index is 1080. The van der Waals surface area contributed by atoms with Gasteiger partial charge in [0.1, 0.15) is 18.2 Å². The zero-order chi connectivity index (χ0) is 25.8. The van der Waals surface area contributed by atoms with Crippen molar-refractivity contribution in [2.24, 2.45) is 0 Å². The third kappa shape index (κ3) is 7.02. The molecule has 11 nitrogen and oxygen atoms in total. The van der Waals surface area contributed by atoms with Gasteiger partial charge in [-0.15, -0.1) is 0 Å². The molecule has 1 heterocycles. The number of nitrogens with one attached hydrogen (secondary N) is 2. The number of ether oxygens (including phenoxy) is 2. The number of methoxy groups -OCH3 is 1. The third-order valence-corrected chi connectivity index (χ3v) is 6.00. The summed E-state index contributed by atoms with van der Waals surface area (Å²) < 4.78 is 10.3. The number of fused-ring (bicyclic) bond motifs is 1. The first kappa shape index (κ1) is 30.1. The predicted octanol–water partition coefficient (Wildman–Crippen LogP) is -5.03. The van der Waals surface area contributed by atoms with E-state index in [0.717, 1.165) is 30.4 Å². The summed E-state index contributed by atoms with van der Waals surface area (Å²) in [6.07, 6.45) is -7.08. The first-order valence-corrected chi connectivity index (χ1v) is 11.1. The van der Waals surface area contributed by atoms with Gasteiger partial charge in [-0.3, -0.25) is 9.59 Å². The van der Waals surface area contributed by atoms with Crippen LogP contribution in [-0.2, 0) is 30.3 Å². The van der Waals surface area contributed by atoms with Crippen molar-refractivity contribution in [3.05, 3.63) is 48.0 Å². The maximum Gasteiger partial charge on any atom is 1.00 e. The molecule has 1 aliphatic rings. The fourth-order valence-electron chi connectivity index (χ4n) is 4.16. The van der Waals surface area contributed by atoms with Crippen LogP contribution in [0.1, 0.15) is 18.9 Å². The smallest absolute Gasteiger partial charge is 0.544 e. The topological polar surface area (TPSA) is 177 Å². The second kappa shape index (κ2) is 12.9. The molecule has 12 heteroatoms. The number of carbonyl (C=O) groups is 3. The SMILES string of the molecule is COC1(C(=O)[O-])C[C@H](O)[C@@H](NC(C)=O)[C@H]([C@H](O)[C@H](O)CNC(=O)Cc2ccc3ccccc3c2)O1.[Na+]. The molecule has 0 spiro atoms. The van der Waals surface area contributed by atoms with Gasteiger partial charge in [-0.25, -0.2) is 0 Å². The van der Waals surface area contributed by atoms with Gasteiger partial charge in [0, 0.05) is 27.0 Å². The molecule has 1 fully saturated rings. The van der Waals surface area contributed by atoms with Gasteiger partial charge in [0.15, 0.2) is 0 Å². The Labute approximate surface area is 230 Å². The van der Waals surface area contributed by atoms with E-state index < -0.39 is 67.0 Å². The number of aliphatic hydroxyl groups excluding tert-OH is 3. The molecule has 2 aromatic carbocycles. The number of rotatable bonds is 9. The van der Waals surface area contributed by atoms with Crippen LogP contribution in [0.25, 0.3) is 10.8 Å². The number of amides is 2. The standard InChI is InChI=1S/C24H30N2O9.Na/c1-13(27)26-20-17(28)11-24(34-2,23(32)33)35-22(20)21(31)18(29)12-25-19(30)10-14-7-8-15-5-3-4-6-16(15)9-14;/h3-9,17-18,20-22,28-29,31H,10-12H2,1-2H3,(H,25,30)(H,26,27)(H,32,33);/q;+1/p-1/t17-,18+,20+,21+,22+,24?;/m0./s1. The average Bonchev–Trinajstić information content (AvgIpc) is 2.82. The zero-order valence-electron chi connectivity index (χ0n) is 20.3. The number of carbonyl (C=O) groups excluding carboxylic acids is 3. The summed E-state index contributed by atoms with van der Waals surface area (Å²) in [6, 6.07) is 12.0. The molecule has 0 aliphatic carbocycles. The van der Waals surface area contributed by atoms with E-state index in [9.17, 15) is 34.8 Å². The minimum Gasteiger partial charge on any atom is -0.544 e. The Morgan fingerprint density at radius 2 is 1.86 bits per heavy atom. The molecule has 5 N–H and O–H groups in total. The number of benzene rings is 2. The maximum atomic E-state index is 12.4. The molecule has 3 rings (SSSR count). The summed E-state index contributed by atoms with van der Waals surface area (Å²) in [5, 5.41) is 50.2. The first-order chi connectivity index (χ1) is 16.6. The Balaban J connectivity index is 0.00000456. The molecule has 2 amide bonds. The van der Waals surface area contributed by atoms with E-state index in [-0.39, 0.29) is 36.0 Å². The summed E-state index contributed by atoms with van der Waals surface area (Å²) in [5.74, 6) is -5.20. The Kier molecular flexibility index (Phi) is 10.8. The van der Waals surface area contributed by atoms with Crippen LogP contribution in [0.15, 0.2) is 42.5 Å². The van der Waals surface area contributed by atoms with Gasteiger partial charge in [-0.1, -0.05) is 42.5 Å². The van der Waals surface area contributed by atoms with Crippen molar-refractivity contribution in [2.45, 2.75) is 56.0 Å². The molecular formula is C24H29N2NaO9. The minimum absolute atomic E-state index is 0. The molecule has 1 saturated heterocycles. The second-order valence-corrected chi connectivity index (χ2v) is 8.55. The molecular weight excluding hydrogens is 483 g/mol. The van der Waals surface area contributed by atoms with E-state index in [1.807, 2.05) is 42.5 Å². The summed E-state index contributed by atoms with van der Waals surface area (Å²) in [7, 11) is 1.02. The first-order valence-electron chi connectivity index (χ1n) is 11.1. The molecule has 1 unspecified atom stereocenters. The summed E-state index contributed by atoms with van der Waals surface area (Å²) in [6.45, 7) is 0.762. The van der Waals surface area contributed by atoms with Crippen molar-refractivity contribution in [3.63, 3.8) is 0 Å². The molecule has 0 saturated carbocycles. The van der Waals surface area contributed by atoms with Crippen LogP contribution in [0.3, 0.4) is 0 Å². The molecule has 36 heavy (non-hydrogen) atoms. The van der Waals surface area contributed by atoms with Gasteiger partial charge in [0.05, 0.1) is 24.7 Å². The average molecular weight is 512 g/mol. The maximum absolute atomic E-state index is 12.4. The van der Waals surface area contributed by atoms with Gasteiger partial charge in [0.25, 0.3) is 0 Å². The van der Waals surface area contributed by atoms with Crippen LogP contribution in [0.2, 0.25) is 0 Å². The zero-order valence-corrected chi connectivity index (χ0v) is 22.3. The monoisotopic (exact) mass is 512 g/mol. The number of aliphatic carboxylic acids is 1. The van der Waals surface area contributed by atoms with Gasteiger partial charge in [-0.05, 0) is 16.3 Å². The summed E-state index contributed by atoms with van der Waals surface area (Å²) in [4.78, 5) is 35.6. The van der Waals surface area contributed by atoms with Gasteiger partial charge < -0.3 is 45.3 Å². The van der Waals surface area contributed by atoms with E-state index in [1.54, 1.807) is 0 Å². The van der Waals surface area contributed by atoms with Gasteiger partial charge >= 0.3 is 29.6 Å². The normalized spacial score (nSPS) is 25.3. The van der Waals surface area contributed by atoms with Crippen LogP contribution >= 0.6 is 0 Å². The van der Waals surface area contributed by atoms with Crippen molar-refractivity contribution in [1.82, 2.24) is 10.6 Å². The van der Waals surface area contributed by atoms with Crippen molar-refractivity contribution >= 4 is 28.6 Å². The predicted molar refractivity (Wildman–Crippen MR) is 121 cm³/mol. The van der Waals surface area contributed by atoms with Crippen LogP contribution in [0.5, 0.6) is 0 Å². The van der Waals surface area contributed by atoms with E-state index in [0.29, 0.717) is 0 Å². The molecule has 0 radical (unpaired) electrons. The van der Waals surface area contributed by atoms with E-state index in [1.165, 1.54) is 0 Å².